The number of nitrogens with one attached hydrogen (secondary N) is 1. The van der Waals surface area contributed by atoms with E-state index < -0.39 is 48.4 Å². The molecule has 4 N–H and O–H groups in total. The topological polar surface area (TPSA) is 174 Å². The number of rotatable bonds is 4. The van der Waals surface area contributed by atoms with Crippen molar-refractivity contribution in [1.82, 2.24) is 9.55 Å². The van der Waals surface area contributed by atoms with Gasteiger partial charge in [0.05, 0.1) is 13.2 Å². The van der Waals surface area contributed by atoms with Crippen LogP contribution in [0.1, 0.15) is 6.23 Å². The van der Waals surface area contributed by atoms with Crippen LogP contribution in [0, 0.1) is 0 Å². The SMILES string of the molecule is [N-]=[N+]=N[C@H]1[C@@H](O)[C@H](n2ccc(=O)[nH]c2=O)OC1(CO)CO. The summed E-state index contributed by atoms with van der Waals surface area (Å²) in [5, 5.41) is 32.3. The second-order valence-electron chi connectivity index (χ2n) is 4.55. The van der Waals surface area contributed by atoms with E-state index in [9.17, 15) is 24.9 Å². The molecule has 114 valence electrons. The van der Waals surface area contributed by atoms with Crippen LogP contribution in [0.25, 0.3) is 10.4 Å². The number of aromatic amines is 1. The monoisotopic (exact) mass is 299 g/mol. The number of aromatic nitrogens is 2. The first kappa shape index (κ1) is 15.2. The van der Waals surface area contributed by atoms with Crippen LogP contribution in [0.5, 0.6) is 0 Å². The van der Waals surface area contributed by atoms with Gasteiger partial charge in [0.1, 0.15) is 17.7 Å². The number of nitrogens with zero attached hydrogens (tertiary/aromatic N) is 4. The van der Waals surface area contributed by atoms with Crippen molar-refractivity contribution in [2.24, 2.45) is 5.11 Å². The molecule has 1 aromatic rings. The number of aliphatic hydroxyl groups is 3. The fourth-order valence-corrected chi connectivity index (χ4v) is 2.24. The van der Waals surface area contributed by atoms with Crippen LogP contribution in [-0.4, -0.2) is 55.8 Å². The zero-order chi connectivity index (χ0) is 15.6. The van der Waals surface area contributed by atoms with Crippen LogP contribution in [-0.2, 0) is 4.74 Å². The molecule has 0 spiro atoms. The highest BCUT2D eigenvalue weighted by atomic mass is 16.6. The van der Waals surface area contributed by atoms with Gasteiger partial charge in [-0.2, -0.15) is 0 Å². The molecular formula is C10H13N5O6. The van der Waals surface area contributed by atoms with Crippen molar-refractivity contribution in [3.63, 3.8) is 0 Å². The Balaban J connectivity index is 2.50. The first-order valence-electron chi connectivity index (χ1n) is 5.92. The van der Waals surface area contributed by atoms with Crippen molar-refractivity contribution in [2.45, 2.75) is 24.0 Å². The minimum absolute atomic E-state index is 0.633. The molecule has 11 heteroatoms. The highest BCUT2D eigenvalue weighted by Gasteiger charge is 2.55. The highest BCUT2D eigenvalue weighted by molar-refractivity contribution is 5.06. The van der Waals surface area contributed by atoms with Crippen molar-refractivity contribution in [1.29, 1.82) is 0 Å². The second-order valence-corrected chi connectivity index (χ2v) is 4.55. The zero-order valence-corrected chi connectivity index (χ0v) is 10.7. The van der Waals surface area contributed by atoms with Gasteiger partial charge in [0.2, 0.25) is 0 Å². The largest absolute Gasteiger partial charge is 0.393 e. The van der Waals surface area contributed by atoms with E-state index in [1.54, 1.807) is 0 Å². The van der Waals surface area contributed by atoms with E-state index in [4.69, 9.17) is 10.3 Å². The molecule has 2 rings (SSSR count). The molecule has 1 saturated heterocycles. The van der Waals surface area contributed by atoms with Gasteiger partial charge in [-0.1, -0.05) is 5.11 Å². The molecule has 1 aromatic heterocycles. The van der Waals surface area contributed by atoms with E-state index in [-0.39, 0.29) is 0 Å². The van der Waals surface area contributed by atoms with Crippen LogP contribution in [0.15, 0.2) is 27.0 Å². The zero-order valence-electron chi connectivity index (χ0n) is 10.7. The number of ether oxygens (including phenoxy) is 1. The first-order chi connectivity index (χ1) is 9.99. The number of hydrogen-bond acceptors (Lipinski definition) is 7. The van der Waals surface area contributed by atoms with Crippen molar-refractivity contribution in [2.75, 3.05) is 13.2 Å². The molecule has 3 atom stereocenters. The standard InChI is InChI=1S/C10H13N5O6/c11-14-13-7-6(19)8(21-10(7,3-16)4-17)15-2-1-5(18)12-9(15)20/h1-2,6-8,16-17,19H,3-4H2,(H,12,18,20)/t6-,7+,8-/m1/s1. The van der Waals surface area contributed by atoms with Crippen LogP contribution in [0.2, 0.25) is 0 Å². The number of hydrogen-bond donors (Lipinski definition) is 4. The Morgan fingerprint density at radius 2 is 2.14 bits per heavy atom. The van der Waals surface area contributed by atoms with Crippen molar-refractivity contribution >= 4 is 0 Å². The summed E-state index contributed by atoms with van der Waals surface area (Å²) in [5.74, 6) is 0. The summed E-state index contributed by atoms with van der Waals surface area (Å²) in [6.45, 7) is -1.47. The van der Waals surface area contributed by atoms with E-state index in [1.807, 2.05) is 4.98 Å². The van der Waals surface area contributed by atoms with E-state index in [0.717, 1.165) is 16.8 Å². The van der Waals surface area contributed by atoms with Crippen LogP contribution in [0.3, 0.4) is 0 Å². The number of azide groups is 1. The summed E-state index contributed by atoms with van der Waals surface area (Å²) < 4.78 is 6.23. The van der Waals surface area contributed by atoms with Crippen LogP contribution >= 0.6 is 0 Å². The molecule has 0 aromatic carbocycles. The van der Waals surface area contributed by atoms with E-state index in [1.165, 1.54) is 0 Å². The summed E-state index contributed by atoms with van der Waals surface area (Å²) >= 11 is 0. The minimum atomic E-state index is -1.73. The molecule has 0 bridgehead atoms. The second kappa shape index (κ2) is 5.68. The van der Waals surface area contributed by atoms with Gasteiger partial charge in [0.25, 0.3) is 5.56 Å². The smallest absolute Gasteiger partial charge is 0.330 e. The van der Waals surface area contributed by atoms with Crippen molar-refractivity contribution in [3.05, 3.63) is 43.5 Å². The summed E-state index contributed by atoms with van der Waals surface area (Å²) in [4.78, 5) is 27.3. The lowest BCUT2D eigenvalue weighted by molar-refractivity contribution is -0.132. The third-order valence-electron chi connectivity index (χ3n) is 3.35. The minimum Gasteiger partial charge on any atom is -0.393 e. The fourth-order valence-electron chi connectivity index (χ4n) is 2.24. The maximum atomic E-state index is 11.7. The van der Waals surface area contributed by atoms with E-state index >= 15 is 0 Å². The van der Waals surface area contributed by atoms with Crippen LogP contribution < -0.4 is 11.2 Å². The van der Waals surface area contributed by atoms with Crippen molar-refractivity contribution < 1.29 is 20.1 Å². The van der Waals surface area contributed by atoms with Gasteiger partial charge in [0.15, 0.2) is 6.23 Å². The first-order valence-corrected chi connectivity index (χ1v) is 5.92. The molecular weight excluding hydrogens is 286 g/mol. The lowest BCUT2D eigenvalue weighted by atomic mass is 9.95. The highest BCUT2D eigenvalue weighted by Crippen LogP contribution is 2.38. The summed E-state index contributed by atoms with van der Waals surface area (Å²) in [5.41, 5.74) is 5.32. The average molecular weight is 299 g/mol. The number of aliphatic hydroxyl groups excluding tert-OH is 3. The molecule has 1 fully saturated rings. The molecule has 2 heterocycles. The molecule has 1 aliphatic rings. The number of H-pyrrole nitrogens is 1. The molecule has 21 heavy (non-hydrogen) atoms. The third kappa shape index (κ3) is 2.44. The molecule has 0 unspecified atom stereocenters. The summed E-state index contributed by atoms with van der Waals surface area (Å²) in [7, 11) is 0. The Labute approximate surface area is 116 Å². The predicted octanol–water partition coefficient (Wildman–Crippen LogP) is -2.17. The Kier molecular flexibility index (Phi) is 4.11. The van der Waals surface area contributed by atoms with Gasteiger partial charge in [-0.3, -0.25) is 14.3 Å². The van der Waals surface area contributed by atoms with Crippen LogP contribution in [0.4, 0.5) is 0 Å². The predicted molar refractivity (Wildman–Crippen MR) is 67.3 cm³/mol. The normalized spacial score (nSPS) is 27.3. The van der Waals surface area contributed by atoms with Gasteiger partial charge in [0, 0.05) is 17.2 Å². The van der Waals surface area contributed by atoms with Gasteiger partial charge in [-0.25, -0.2) is 4.79 Å². The Hall–Kier alpha value is -2.17. The molecule has 0 saturated carbocycles. The van der Waals surface area contributed by atoms with Gasteiger partial charge >= 0.3 is 5.69 Å². The lowest BCUT2D eigenvalue weighted by Gasteiger charge is -2.27. The maximum Gasteiger partial charge on any atom is 0.330 e. The summed E-state index contributed by atoms with van der Waals surface area (Å²) in [6, 6.07) is -0.265. The third-order valence-corrected chi connectivity index (χ3v) is 3.35. The van der Waals surface area contributed by atoms with Gasteiger partial charge < -0.3 is 20.1 Å². The van der Waals surface area contributed by atoms with E-state index in [0.29, 0.717) is 0 Å². The lowest BCUT2D eigenvalue weighted by Crippen LogP contribution is -2.48. The fraction of sp³-hybridized carbons (Fsp3) is 0.600. The Morgan fingerprint density at radius 3 is 2.67 bits per heavy atom. The van der Waals surface area contributed by atoms with E-state index in [2.05, 4.69) is 10.0 Å². The quantitative estimate of drug-likeness (QED) is 0.279. The molecule has 1 aliphatic heterocycles. The Morgan fingerprint density at radius 1 is 1.48 bits per heavy atom. The molecule has 11 nitrogen and oxygen atoms in total. The Bertz CT molecular complexity index is 673. The molecule has 0 aliphatic carbocycles. The van der Waals surface area contributed by atoms with Crippen molar-refractivity contribution in [3.8, 4) is 0 Å². The molecule has 0 radical (unpaired) electrons. The van der Waals surface area contributed by atoms with Gasteiger partial charge in [-0.05, 0) is 5.53 Å². The maximum absolute atomic E-state index is 11.7. The average Bonchev–Trinajstić information content (AvgIpc) is 2.74. The molecule has 0 amide bonds. The van der Waals surface area contributed by atoms with Gasteiger partial charge in [-0.15, -0.1) is 0 Å². The summed E-state index contributed by atoms with van der Waals surface area (Å²) in [6.07, 6.45) is -1.74.